The molecule has 0 bridgehead atoms. The molecule has 29 heavy (non-hydrogen) atoms. The van der Waals surface area contributed by atoms with Gasteiger partial charge in [-0.15, -0.1) is 10.2 Å². The van der Waals surface area contributed by atoms with E-state index in [4.69, 9.17) is 9.15 Å². The Bertz CT molecular complexity index is 1040. The number of imide groups is 1. The van der Waals surface area contributed by atoms with Gasteiger partial charge in [-0.3, -0.25) is 19.0 Å². The summed E-state index contributed by atoms with van der Waals surface area (Å²) in [6.07, 6.45) is 1.55. The van der Waals surface area contributed by atoms with E-state index in [0.29, 0.717) is 34.4 Å². The molecule has 0 aliphatic carbocycles. The first-order valence-electron chi connectivity index (χ1n) is 8.81. The van der Waals surface area contributed by atoms with Crippen molar-refractivity contribution in [2.45, 2.75) is 18.6 Å². The maximum absolute atomic E-state index is 12.3. The molecule has 2 aromatic heterocycles. The molecular weight excluding hydrogens is 396 g/mol. The highest BCUT2D eigenvalue weighted by atomic mass is 32.2. The number of thioether (sulfide) groups is 1. The summed E-state index contributed by atoms with van der Waals surface area (Å²) in [4.78, 5) is 37.6. The number of aromatic nitrogens is 3. The zero-order chi connectivity index (χ0) is 20.4. The van der Waals surface area contributed by atoms with Gasteiger partial charge in [0.15, 0.2) is 23.5 Å². The summed E-state index contributed by atoms with van der Waals surface area (Å²) in [5.74, 6) is -0.408. The second-order valence-electron chi connectivity index (χ2n) is 6.05. The molecule has 1 aliphatic rings. The van der Waals surface area contributed by atoms with Crippen molar-refractivity contribution in [3.05, 3.63) is 53.8 Å². The van der Waals surface area contributed by atoms with Crippen LogP contribution in [0.2, 0.25) is 0 Å². The van der Waals surface area contributed by atoms with Gasteiger partial charge in [0.2, 0.25) is 0 Å². The molecule has 0 unspecified atom stereocenters. The van der Waals surface area contributed by atoms with Crippen LogP contribution in [0.4, 0.5) is 0 Å². The van der Waals surface area contributed by atoms with E-state index in [1.807, 2.05) is 11.5 Å². The van der Waals surface area contributed by atoms with Crippen molar-refractivity contribution in [2.75, 3.05) is 12.5 Å². The summed E-state index contributed by atoms with van der Waals surface area (Å²) in [6, 6.07) is 10.0. The summed E-state index contributed by atoms with van der Waals surface area (Å²) in [5, 5.41) is 8.74. The van der Waals surface area contributed by atoms with Crippen LogP contribution in [0.25, 0.3) is 11.6 Å². The Morgan fingerprint density at radius 2 is 1.83 bits per heavy atom. The lowest BCUT2D eigenvalue weighted by molar-refractivity contribution is -0.142. The van der Waals surface area contributed by atoms with Gasteiger partial charge in [0.1, 0.15) is 0 Å². The van der Waals surface area contributed by atoms with Gasteiger partial charge < -0.3 is 9.15 Å². The summed E-state index contributed by atoms with van der Waals surface area (Å²) >= 11 is 1.15. The standard InChI is InChI=1S/C19H16N4O5S/c1-2-22-16(14-8-5-9-27-14)20-21-19(22)29-10-15(24)28-11-23-17(25)12-6-3-4-7-13(12)18(23)26/h3-9H,2,10-11H2,1H3. The van der Waals surface area contributed by atoms with Crippen molar-refractivity contribution in [2.24, 2.45) is 0 Å². The summed E-state index contributed by atoms with van der Waals surface area (Å²) in [6.45, 7) is 2.10. The van der Waals surface area contributed by atoms with Crippen LogP contribution in [-0.2, 0) is 16.1 Å². The van der Waals surface area contributed by atoms with Crippen molar-refractivity contribution in [1.29, 1.82) is 0 Å². The van der Waals surface area contributed by atoms with E-state index in [2.05, 4.69) is 10.2 Å². The minimum atomic E-state index is -0.572. The first kappa shape index (κ1) is 18.9. The van der Waals surface area contributed by atoms with Crippen molar-refractivity contribution in [3.8, 4) is 11.6 Å². The average molecular weight is 412 g/mol. The first-order valence-corrected chi connectivity index (χ1v) is 9.79. The highest BCUT2D eigenvalue weighted by Gasteiger charge is 2.35. The number of amides is 2. The molecule has 1 aliphatic heterocycles. The summed E-state index contributed by atoms with van der Waals surface area (Å²) in [7, 11) is 0. The molecule has 3 heterocycles. The minimum Gasteiger partial charge on any atom is -0.461 e. The van der Waals surface area contributed by atoms with Crippen molar-refractivity contribution in [3.63, 3.8) is 0 Å². The molecule has 0 spiro atoms. The van der Waals surface area contributed by atoms with Gasteiger partial charge in [-0.25, -0.2) is 4.90 Å². The van der Waals surface area contributed by atoms with Gasteiger partial charge in [0.25, 0.3) is 11.8 Å². The number of nitrogens with zero attached hydrogens (tertiary/aromatic N) is 4. The van der Waals surface area contributed by atoms with E-state index in [1.54, 1.807) is 42.7 Å². The normalized spacial score (nSPS) is 13.1. The predicted octanol–water partition coefficient (Wildman–Crippen LogP) is 2.45. The molecule has 0 saturated heterocycles. The molecule has 3 aromatic rings. The number of fused-ring (bicyclic) bond motifs is 1. The fourth-order valence-corrected chi connectivity index (χ4v) is 3.73. The summed E-state index contributed by atoms with van der Waals surface area (Å²) < 4.78 is 12.3. The van der Waals surface area contributed by atoms with Gasteiger partial charge in [-0.05, 0) is 31.2 Å². The Morgan fingerprint density at radius 1 is 1.10 bits per heavy atom. The van der Waals surface area contributed by atoms with E-state index >= 15 is 0 Å². The van der Waals surface area contributed by atoms with Crippen LogP contribution in [-0.4, -0.2) is 49.9 Å². The number of hydrogen-bond donors (Lipinski definition) is 0. The molecule has 2 amide bonds. The van der Waals surface area contributed by atoms with Gasteiger partial charge in [0, 0.05) is 6.54 Å². The number of furan rings is 1. The second-order valence-corrected chi connectivity index (χ2v) is 6.99. The van der Waals surface area contributed by atoms with Crippen molar-refractivity contribution in [1.82, 2.24) is 19.7 Å². The number of hydrogen-bond acceptors (Lipinski definition) is 8. The molecule has 10 heteroatoms. The summed E-state index contributed by atoms with van der Waals surface area (Å²) in [5.41, 5.74) is 0.619. The molecule has 4 rings (SSSR count). The van der Waals surface area contributed by atoms with E-state index < -0.39 is 24.5 Å². The second kappa shape index (κ2) is 7.92. The molecule has 0 N–H and O–H groups in total. The highest BCUT2D eigenvalue weighted by molar-refractivity contribution is 7.99. The quantitative estimate of drug-likeness (QED) is 0.331. The van der Waals surface area contributed by atoms with E-state index in [0.717, 1.165) is 16.7 Å². The smallest absolute Gasteiger partial charge is 0.318 e. The Morgan fingerprint density at radius 3 is 2.45 bits per heavy atom. The number of ether oxygens (including phenoxy) is 1. The van der Waals surface area contributed by atoms with Gasteiger partial charge in [-0.2, -0.15) is 0 Å². The highest BCUT2D eigenvalue weighted by Crippen LogP contribution is 2.25. The maximum Gasteiger partial charge on any atom is 0.318 e. The first-order chi connectivity index (χ1) is 14.1. The zero-order valence-corrected chi connectivity index (χ0v) is 16.2. The largest absolute Gasteiger partial charge is 0.461 e. The fraction of sp³-hybridized carbons (Fsp3) is 0.211. The number of carbonyl (C=O) groups excluding carboxylic acids is 3. The van der Waals surface area contributed by atoms with Gasteiger partial charge >= 0.3 is 5.97 Å². The molecular formula is C19H16N4O5S. The lowest BCUT2D eigenvalue weighted by atomic mass is 10.1. The van der Waals surface area contributed by atoms with Crippen molar-refractivity contribution < 1.29 is 23.5 Å². The predicted molar refractivity (Wildman–Crippen MR) is 102 cm³/mol. The third-order valence-electron chi connectivity index (χ3n) is 4.33. The van der Waals surface area contributed by atoms with Crippen molar-refractivity contribution >= 4 is 29.5 Å². The number of esters is 1. The number of benzene rings is 1. The van der Waals surface area contributed by atoms with Crippen LogP contribution in [0.3, 0.4) is 0 Å². The maximum atomic E-state index is 12.3. The number of rotatable bonds is 7. The molecule has 0 saturated carbocycles. The Labute approximate surface area is 169 Å². The van der Waals surface area contributed by atoms with Gasteiger partial charge in [0.05, 0.1) is 23.1 Å². The lowest BCUT2D eigenvalue weighted by Crippen LogP contribution is -2.33. The third kappa shape index (κ3) is 3.54. The molecule has 1 aromatic carbocycles. The average Bonchev–Trinajstić information content (AvgIpc) is 3.45. The zero-order valence-electron chi connectivity index (χ0n) is 15.4. The molecule has 0 fully saturated rings. The number of carbonyl (C=O) groups is 3. The third-order valence-corrected chi connectivity index (χ3v) is 5.27. The van der Waals surface area contributed by atoms with Crippen LogP contribution in [0, 0.1) is 0 Å². The Kier molecular flexibility index (Phi) is 5.17. The Hall–Kier alpha value is -3.40. The fourth-order valence-electron chi connectivity index (χ4n) is 2.93. The van der Waals surface area contributed by atoms with Crippen LogP contribution < -0.4 is 0 Å². The van der Waals surface area contributed by atoms with E-state index in [-0.39, 0.29) is 5.75 Å². The van der Waals surface area contributed by atoms with Crippen LogP contribution in [0.15, 0.2) is 52.2 Å². The molecule has 0 atom stereocenters. The van der Waals surface area contributed by atoms with Crippen LogP contribution in [0.1, 0.15) is 27.6 Å². The monoisotopic (exact) mass is 412 g/mol. The molecule has 0 radical (unpaired) electrons. The lowest BCUT2D eigenvalue weighted by Gasteiger charge is -2.13. The van der Waals surface area contributed by atoms with Crippen LogP contribution >= 0.6 is 11.8 Å². The topological polar surface area (TPSA) is 108 Å². The van der Waals surface area contributed by atoms with E-state index in [9.17, 15) is 14.4 Å². The minimum absolute atomic E-state index is 0.0422. The van der Waals surface area contributed by atoms with E-state index in [1.165, 1.54) is 0 Å². The SMILES string of the molecule is CCn1c(SCC(=O)OCN2C(=O)c3ccccc3C2=O)nnc1-c1ccco1. The Balaban J connectivity index is 1.35. The van der Waals surface area contributed by atoms with Gasteiger partial charge in [-0.1, -0.05) is 23.9 Å². The molecule has 9 nitrogen and oxygen atoms in total. The molecule has 148 valence electrons. The van der Waals surface area contributed by atoms with Crippen LogP contribution in [0.5, 0.6) is 0 Å².